The molecule has 1 fully saturated rings. The summed E-state index contributed by atoms with van der Waals surface area (Å²) < 4.78 is 5.01. The number of carbonyl (C=O) groups excluding carboxylic acids is 2. The molecule has 0 aromatic carbocycles. The predicted octanol–water partition coefficient (Wildman–Crippen LogP) is 5.25. The van der Waals surface area contributed by atoms with Crippen molar-refractivity contribution in [1.82, 2.24) is 0 Å². The van der Waals surface area contributed by atoms with Crippen molar-refractivity contribution in [1.29, 1.82) is 0 Å². The van der Waals surface area contributed by atoms with E-state index in [1.165, 1.54) is 30.9 Å². The Hall–Kier alpha value is -1.38. The lowest BCUT2D eigenvalue weighted by Gasteiger charge is -2.57. The van der Waals surface area contributed by atoms with Crippen LogP contribution in [0, 0.1) is 22.7 Å². The Labute approximate surface area is 152 Å². The van der Waals surface area contributed by atoms with Crippen LogP contribution in [0.5, 0.6) is 0 Å². The maximum Gasteiger partial charge on any atom is 0.302 e. The third-order valence-corrected chi connectivity index (χ3v) is 7.25. The van der Waals surface area contributed by atoms with Crippen LogP contribution in [0.3, 0.4) is 0 Å². The van der Waals surface area contributed by atoms with Crippen LogP contribution in [0.15, 0.2) is 23.3 Å². The zero-order valence-corrected chi connectivity index (χ0v) is 16.8. The summed E-state index contributed by atoms with van der Waals surface area (Å²) >= 11 is 0. The molecule has 0 amide bonds. The number of ether oxygens (including phenoxy) is 1. The molecular weight excluding hydrogens is 312 g/mol. The smallest absolute Gasteiger partial charge is 0.302 e. The molecule has 3 heteroatoms. The fourth-order valence-corrected chi connectivity index (χ4v) is 4.98. The van der Waals surface area contributed by atoms with Gasteiger partial charge in [0.1, 0.15) is 6.61 Å². The molecule has 25 heavy (non-hydrogen) atoms. The highest BCUT2D eigenvalue weighted by molar-refractivity contribution is 5.92. The molecule has 0 spiro atoms. The highest BCUT2D eigenvalue weighted by Crippen LogP contribution is 2.61. The molecule has 3 nitrogen and oxygen atoms in total. The van der Waals surface area contributed by atoms with Crippen molar-refractivity contribution in [3.63, 3.8) is 0 Å². The van der Waals surface area contributed by atoms with Gasteiger partial charge in [-0.05, 0) is 74.3 Å². The maximum atomic E-state index is 12.3. The van der Waals surface area contributed by atoms with E-state index in [-0.39, 0.29) is 16.8 Å². The predicted molar refractivity (Wildman–Crippen MR) is 101 cm³/mol. The summed E-state index contributed by atoms with van der Waals surface area (Å²) in [5.41, 5.74) is 2.85. The molecular formula is C22H34O3. The molecule has 2 aliphatic rings. The van der Waals surface area contributed by atoms with Gasteiger partial charge in [-0.25, -0.2) is 0 Å². The van der Waals surface area contributed by atoms with Crippen LogP contribution in [0.4, 0.5) is 0 Å². The van der Waals surface area contributed by atoms with Crippen molar-refractivity contribution in [2.45, 2.75) is 73.6 Å². The van der Waals surface area contributed by atoms with E-state index in [1.807, 2.05) is 12.2 Å². The molecule has 0 aliphatic heterocycles. The summed E-state index contributed by atoms with van der Waals surface area (Å²) in [7, 11) is 0. The fraction of sp³-hybridized carbons (Fsp3) is 0.727. The van der Waals surface area contributed by atoms with E-state index in [0.29, 0.717) is 30.6 Å². The minimum absolute atomic E-state index is 0.157. The Morgan fingerprint density at radius 3 is 2.68 bits per heavy atom. The van der Waals surface area contributed by atoms with E-state index in [9.17, 15) is 9.59 Å². The lowest BCUT2D eigenvalue weighted by Crippen LogP contribution is -2.50. The van der Waals surface area contributed by atoms with Gasteiger partial charge in [-0.15, -0.1) is 0 Å². The highest BCUT2D eigenvalue weighted by atomic mass is 16.5. The quantitative estimate of drug-likeness (QED) is 0.504. The first-order chi connectivity index (χ1) is 11.6. The average molecular weight is 347 g/mol. The van der Waals surface area contributed by atoms with Crippen LogP contribution in [-0.4, -0.2) is 18.4 Å². The van der Waals surface area contributed by atoms with Crippen LogP contribution in [0.25, 0.3) is 0 Å². The Morgan fingerprint density at radius 2 is 2.04 bits per heavy atom. The molecule has 2 rings (SSSR count). The second kappa shape index (κ2) is 7.47. The molecule has 0 aromatic rings. The van der Waals surface area contributed by atoms with Crippen molar-refractivity contribution in [3.05, 3.63) is 23.3 Å². The average Bonchev–Trinajstić information content (AvgIpc) is 2.52. The van der Waals surface area contributed by atoms with E-state index in [0.717, 1.165) is 12.8 Å². The van der Waals surface area contributed by atoms with E-state index in [1.54, 1.807) is 0 Å². The topological polar surface area (TPSA) is 43.4 Å². The largest absolute Gasteiger partial charge is 0.462 e. The minimum atomic E-state index is -0.240. The minimum Gasteiger partial charge on any atom is -0.462 e. The molecule has 0 saturated heterocycles. The monoisotopic (exact) mass is 346 g/mol. The zero-order valence-electron chi connectivity index (χ0n) is 16.8. The molecule has 140 valence electrons. The second-order valence-electron chi connectivity index (χ2n) is 8.77. The number of rotatable bonds is 5. The maximum absolute atomic E-state index is 12.3. The van der Waals surface area contributed by atoms with Gasteiger partial charge in [0, 0.05) is 13.3 Å². The van der Waals surface area contributed by atoms with Gasteiger partial charge < -0.3 is 4.74 Å². The van der Waals surface area contributed by atoms with Crippen molar-refractivity contribution >= 4 is 11.8 Å². The number of hydrogen-bond donors (Lipinski definition) is 0. The third kappa shape index (κ3) is 4.07. The Morgan fingerprint density at radius 1 is 1.36 bits per heavy atom. The van der Waals surface area contributed by atoms with Crippen LogP contribution in [0.1, 0.15) is 73.6 Å². The van der Waals surface area contributed by atoms with Crippen molar-refractivity contribution in [2.24, 2.45) is 22.7 Å². The van der Waals surface area contributed by atoms with E-state index >= 15 is 0 Å². The Bertz CT molecular complexity index is 600. The number of esters is 1. The first-order valence-corrected chi connectivity index (χ1v) is 9.60. The van der Waals surface area contributed by atoms with Gasteiger partial charge in [0.2, 0.25) is 0 Å². The van der Waals surface area contributed by atoms with Gasteiger partial charge in [0.05, 0.1) is 0 Å². The fourth-order valence-electron chi connectivity index (χ4n) is 4.98. The number of allylic oxidation sites excluding steroid dienone is 3. The summed E-state index contributed by atoms with van der Waals surface area (Å²) in [4.78, 5) is 23.2. The molecule has 2 aliphatic carbocycles. The molecule has 4 atom stereocenters. The normalized spacial score (nSPS) is 35.8. The van der Waals surface area contributed by atoms with Gasteiger partial charge >= 0.3 is 5.97 Å². The van der Waals surface area contributed by atoms with Crippen LogP contribution < -0.4 is 0 Å². The SMILES string of the molecule is CC(=O)OCC=C(C)CCC1(C)C(C)CCC2(C)C(C)=CC(=O)CC21. The lowest BCUT2D eigenvalue weighted by molar-refractivity contribution is -0.139. The molecule has 0 radical (unpaired) electrons. The van der Waals surface area contributed by atoms with Crippen molar-refractivity contribution in [3.8, 4) is 0 Å². The van der Waals surface area contributed by atoms with E-state index < -0.39 is 0 Å². The Kier molecular flexibility index (Phi) is 5.96. The lowest BCUT2D eigenvalue weighted by atomic mass is 9.47. The number of hydrogen-bond acceptors (Lipinski definition) is 3. The van der Waals surface area contributed by atoms with Gasteiger partial charge in [-0.3, -0.25) is 9.59 Å². The Balaban J connectivity index is 2.15. The summed E-state index contributed by atoms with van der Waals surface area (Å²) in [5.74, 6) is 1.09. The third-order valence-electron chi connectivity index (χ3n) is 7.25. The van der Waals surface area contributed by atoms with Crippen molar-refractivity contribution < 1.29 is 14.3 Å². The summed E-state index contributed by atoms with van der Waals surface area (Å²) in [6.45, 7) is 13.2. The molecule has 4 unspecified atom stereocenters. The van der Waals surface area contributed by atoms with Gasteiger partial charge in [0.15, 0.2) is 5.78 Å². The number of fused-ring (bicyclic) bond motifs is 1. The summed E-state index contributed by atoms with van der Waals surface area (Å²) in [5, 5.41) is 0. The van der Waals surface area contributed by atoms with Crippen LogP contribution in [0.2, 0.25) is 0 Å². The number of ketones is 1. The van der Waals surface area contributed by atoms with E-state index in [2.05, 4.69) is 34.6 Å². The first-order valence-electron chi connectivity index (χ1n) is 9.60. The standard InChI is InChI=1S/C22H34O3/c1-15(9-12-25-18(4)23)7-10-21(5)16(2)8-11-22(6)17(3)13-19(24)14-20(21)22/h9,13,16,20H,7-8,10-12,14H2,1-6H3. The molecule has 0 heterocycles. The molecule has 1 saturated carbocycles. The molecule has 0 bridgehead atoms. The summed E-state index contributed by atoms with van der Waals surface area (Å²) in [6, 6.07) is 0. The highest BCUT2D eigenvalue weighted by Gasteiger charge is 2.54. The van der Waals surface area contributed by atoms with Gasteiger partial charge in [-0.2, -0.15) is 0 Å². The van der Waals surface area contributed by atoms with Crippen molar-refractivity contribution in [2.75, 3.05) is 6.61 Å². The first kappa shape index (κ1) is 19.9. The summed E-state index contributed by atoms with van der Waals surface area (Å²) in [6.07, 6.45) is 9.06. The van der Waals surface area contributed by atoms with Gasteiger partial charge in [0.25, 0.3) is 0 Å². The van der Waals surface area contributed by atoms with E-state index in [4.69, 9.17) is 4.74 Å². The molecule has 0 aromatic heterocycles. The van der Waals surface area contributed by atoms with Crippen LogP contribution in [-0.2, 0) is 14.3 Å². The van der Waals surface area contributed by atoms with Crippen LogP contribution >= 0.6 is 0 Å². The zero-order chi connectivity index (χ0) is 18.8. The second-order valence-corrected chi connectivity index (χ2v) is 8.77. The number of carbonyl (C=O) groups is 2. The van der Waals surface area contributed by atoms with Gasteiger partial charge in [-0.1, -0.05) is 31.9 Å². The molecule has 0 N–H and O–H groups in total.